The van der Waals surface area contributed by atoms with Gasteiger partial charge in [-0.1, -0.05) is 12.1 Å². The molecule has 3 nitrogen and oxygen atoms in total. The van der Waals surface area contributed by atoms with Crippen LogP contribution < -0.4 is 5.32 Å². The standard InChI is InChI=1S/C12H15FN2OS/c1-3-15(4-2)12(17)14-11(16)9-7-5-6-8-10(9)13/h5-8H,3-4H2,1-2H3,(H,14,16,17). The van der Waals surface area contributed by atoms with Gasteiger partial charge in [0.1, 0.15) is 5.82 Å². The smallest absolute Gasteiger partial charge is 0.260 e. The van der Waals surface area contributed by atoms with Gasteiger partial charge in [0.25, 0.3) is 5.91 Å². The fraction of sp³-hybridized carbons (Fsp3) is 0.333. The molecule has 0 heterocycles. The number of nitrogens with zero attached hydrogens (tertiary/aromatic N) is 1. The Bertz CT molecular complexity index is 419. The predicted octanol–water partition coefficient (Wildman–Crippen LogP) is 2.18. The first-order chi connectivity index (χ1) is 8.10. The van der Waals surface area contributed by atoms with Gasteiger partial charge in [0.15, 0.2) is 5.11 Å². The molecule has 0 unspecified atom stereocenters. The molecule has 0 bridgehead atoms. The molecule has 17 heavy (non-hydrogen) atoms. The molecule has 0 spiro atoms. The molecular formula is C12H15FN2OS. The summed E-state index contributed by atoms with van der Waals surface area (Å²) in [6, 6.07) is 5.82. The van der Waals surface area contributed by atoms with Crippen LogP contribution in [0.5, 0.6) is 0 Å². The number of halogens is 1. The summed E-state index contributed by atoms with van der Waals surface area (Å²) < 4.78 is 13.3. The van der Waals surface area contributed by atoms with Crippen molar-refractivity contribution in [3.8, 4) is 0 Å². The molecule has 0 aliphatic rings. The van der Waals surface area contributed by atoms with Crippen LogP contribution in [0.2, 0.25) is 0 Å². The van der Waals surface area contributed by atoms with Crippen molar-refractivity contribution >= 4 is 23.2 Å². The third kappa shape index (κ3) is 3.49. The molecule has 1 aromatic carbocycles. The van der Waals surface area contributed by atoms with Crippen LogP contribution in [0.3, 0.4) is 0 Å². The van der Waals surface area contributed by atoms with Crippen molar-refractivity contribution < 1.29 is 9.18 Å². The van der Waals surface area contributed by atoms with Crippen LogP contribution in [0.4, 0.5) is 4.39 Å². The summed E-state index contributed by atoms with van der Waals surface area (Å²) in [5.41, 5.74) is 0.00186. The van der Waals surface area contributed by atoms with E-state index >= 15 is 0 Å². The Morgan fingerprint density at radius 2 is 1.94 bits per heavy atom. The van der Waals surface area contributed by atoms with Crippen molar-refractivity contribution in [2.24, 2.45) is 0 Å². The maximum Gasteiger partial charge on any atom is 0.260 e. The van der Waals surface area contributed by atoms with E-state index in [2.05, 4.69) is 5.32 Å². The molecule has 1 rings (SSSR count). The molecule has 0 atom stereocenters. The molecule has 0 saturated heterocycles. The summed E-state index contributed by atoms with van der Waals surface area (Å²) >= 11 is 5.06. The second-order valence-electron chi connectivity index (χ2n) is 3.41. The minimum absolute atomic E-state index is 0.00186. The van der Waals surface area contributed by atoms with E-state index in [1.54, 1.807) is 6.07 Å². The lowest BCUT2D eigenvalue weighted by molar-refractivity contribution is 0.0969. The van der Waals surface area contributed by atoms with Crippen LogP contribution in [0.15, 0.2) is 24.3 Å². The number of hydrogen-bond acceptors (Lipinski definition) is 2. The van der Waals surface area contributed by atoms with Crippen LogP contribution in [0.25, 0.3) is 0 Å². The highest BCUT2D eigenvalue weighted by Gasteiger charge is 2.14. The van der Waals surface area contributed by atoms with Gasteiger partial charge >= 0.3 is 0 Å². The number of rotatable bonds is 3. The Balaban J connectivity index is 2.73. The highest BCUT2D eigenvalue weighted by molar-refractivity contribution is 7.80. The van der Waals surface area contributed by atoms with Gasteiger partial charge in [-0.3, -0.25) is 10.1 Å². The fourth-order valence-corrected chi connectivity index (χ4v) is 1.75. The SMILES string of the molecule is CCN(CC)C(=S)NC(=O)c1ccccc1F. The number of hydrogen-bond donors (Lipinski definition) is 1. The van der Waals surface area contributed by atoms with Crippen molar-refractivity contribution in [1.29, 1.82) is 0 Å². The maximum absolute atomic E-state index is 13.3. The largest absolute Gasteiger partial charge is 0.350 e. The van der Waals surface area contributed by atoms with Crippen LogP contribution in [-0.2, 0) is 0 Å². The van der Waals surface area contributed by atoms with E-state index in [0.29, 0.717) is 18.2 Å². The second kappa shape index (κ2) is 6.30. The van der Waals surface area contributed by atoms with Crippen molar-refractivity contribution in [3.63, 3.8) is 0 Å². The Labute approximate surface area is 106 Å². The average Bonchev–Trinajstić information content (AvgIpc) is 2.31. The zero-order valence-corrected chi connectivity index (χ0v) is 10.7. The topological polar surface area (TPSA) is 32.3 Å². The summed E-state index contributed by atoms with van der Waals surface area (Å²) in [5, 5.41) is 2.84. The molecular weight excluding hydrogens is 239 g/mol. The fourth-order valence-electron chi connectivity index (χ4n) is 1.40. The van der Waals surface area contributed by atoms with Crippen LogP contribution in [-0.4, -0.2) is 29.0 Å². The Hall–Kier alpha value is -1.49. The summed E-state index contributed by atoms with van der Waals surface area (Å²) in [6.45, 7) is 5.27. The van der Waals surface area contributed by atoms with E-state index in [4.69, 9.17) is 12.2 Å². The molecule has 92 valence electrons. The zero-order valence-electron chi connectivity index (χ0n) is 9.87. The van der Waals surface area contributed by atoms with E-state index in [9.17, 15) is 9.18 Å². The van der Waals surface area contributed by atoms with Crippen molar-refractivity contribution in [2.75, 3.05) is 13.1 Å². The van der Waals surface area contributed by atoms with Crippen molar-refractivity contribution in [1.82, 2.24) is 10.2 Å². The van der Waals surface area contributed by atoms with Gasteiger partial charge in [-0.05, 0) is 38.2 Å². The summed E-state index contributed by atoms with van der Waals surface area (Å²) in [4.78, 5) is 13.6. The van der Waals surface area contributed by atoms with Gasteiger partial charge in [0.05, 0.1) is 5.56 Å². The molecule has 0 fully saturated rings. The lowest BCUT2D eigenvalue weighted by atomic mass is 10.2. The Morgan fingerprint density at radius 3 is 2.47 bits per heavy atom. The first-order valence-corrected chi connectivity index (χ1v) is 5.85. The molecule has 1 aromatic rings. The normalized spacial score (nSPS) is 9.82. The van der Waals surface area contributed by atoms with Gasteiger partial charge in [-0.2, -0.15) is 0 Å². The summed E-state index contributed by atoms with van der Waals surface area (Å²) in [5.74, 6) is -1.06. The highest BCUT2D eigenvalue weighted by atomic mass is 32.1. The van der Waals surface area contributed by atoms with Gasteiger partial charge in [0.2, 0.25) is 0 Å². The lowest BCUT2D eigenvalue weighted by Gasteiger charge is -2.21. The highest BCUT2D eigenvalue weighted by Crippen LogP contribution is 2.06. The van der Waals surface area contributed by atoms with Crippen LogP contribution in [0, 0.1) is 5.82 Å². The number of thiocarbonyl (C=S) groups is 1. The van der Waals surface area contributed by atoms with E-state index in [1.165, 1.54) is 18.2 Å². The zero-order chi connectivity index (χ0) is 12.8. The predicted molar refractivity (Wildman–Crippen MR) is 69.4 cm³/mol. The molecule has 1 N–H and O–H groups in total. The third-order valence-corrected chi connectivity index (χ3v) is 2.75. The van der Waals surface area contributed by atoms with E-state index < -0.39 is 11.7 Å². The molecule has 0 saturated carbocycles. The third-order valence-electron chi connectivity index (χ3n) is 2.39. The summed E-state index contributed by atoms with van der Waals surface area (Å²) in [6.07, 6.45) is 0. The van der Waals surface area contributed by atoms with Crippen LogP contribution in [0.1, 0.15) is 24.2 Å². The number of benzene rings is 1. The monoisotopic (exact) mass is 254 g/mol. The van der Waals surface area contributed by atoms with E-state index in [-0.39, 0.29) is 5.56 Å². The number of amides is 1. The first kappa shape index (κ1) is 13.6. The van der Waals surface area contributed by atoms with E-state index in [1.807, 2.05) is 18.7 Å². The number of nitrogens with one attached hydrogen (secondary N) is 1. The second-order valence-corrected chi connectivity index (χ2v) is 3.80. The van der Waals surface area contributed by atoms with Crippen molar-refractivity contribution in [2.45, 2.75) is 13.8 Å². The number of carbonyl (C=O) groups excluding carboxylic acids is 1. The van der Waals surface area contributed by atoms with Crippen LogP contribution >= 0.6 is 12.2 Å². The summed E-state index contributed by atoms with van der Waals surface area (Å²) in [7, 11) is 0. The Morgan fingerprint density at radius 1 is 1.35 bits per heavy atom. The average molecular weight is 254 g/mol. The van der Waals surface area contributed by atoms with Crippen molar-refractivity contribution in [3.05, 3.63) is 35.6 Å². The molecule has 0 radical (unpaired) electrons. The lowest BCUT2D eigenvalue weighted by Crippen LogP contribution is -2.42. The van der Waals surface area contributed by atoms with Gasteiger partial charge in [0, 0.05) is 13.1 Å². The minimum Gasteiger partial charge on any atom is -0.350 e. The molecule has 0 aromatic heterocycles. The molecule has 0 aliphatic heterocycles. The number of carbonyl (C=O) groups is 1. The Kier molecular flexibility index (Phi) is 5.03. The maximum atomic E-state index is 13.3. The molecule has 5 heteroatoms. The molecule has 1 amide bonds. The first-order valence-electron chi connectivity index (χ1n) is 5.44. The van der Waals surface area contributed by atoms with Gasteiger partial charge in [-0.25, -0.2) is 4.39 Å². The van der Waals surface area contributed by atoms with Gasteiger partial charge < -0.3 is 4.90 Å². The molecule has 0 aliphatic carbocycles. The minimum atomic E-state index is -0.549. The van der Waals surface area contributed by atoms with Gasteiger partial charge in [-0.15, -0.1) is 0 Å². The quantitative estimate of drug-likeness (QED) is 0.839. The van der Waals surface area contributed by atoms with E-state index in [0.717, 1.165) is 0 Å².